The smallest absolute Gasteiger partial charge is 0.410 e. The molecule has 1 aromatic carbocycles. The van der Waals surface area contributed by atoms with E-state index in [4.69, 9.17) is 9.47 Å². The van der Waals surface area contributed by atoms with Crippen LogP contribution in [0, 0.1) is 18.8 Å². The third kappa shape index (κ3) is 11.7. The van der Waals surface area contributed by atoms with Crippen molar-refractivity contribution in [3.63, 3.8) is 0 Å². The van der Waals surface area contributed by atoms with E-state index in [0.717, 1.165) is 37.4 Å². The number of benzene rings is 1. The first kappa shape index (κ1) is 28.2. The van der Waals surface area contributed by atoms with Gasteiger partial charge >= 0.3 is 6.09 Å². The number of rotatable bonds is 4. The van der Waals surface area contributed by atoms with E-state index in [1.54, 1.807) is 6.26 Å². The molecule has 3 rings (SSSR count). The quantitative estimate of drug-likeness (QED) is 0.541. The SMILES string of the molecule is C#C.CC(C)(C)OC(=O)N1CCC(COC2CCCCC2)CC1.CS(=O)c1ccccc1. The van der Waals surface area contributed by atoms with Gasteiger partial charge in [0.15, 0.2) is 0 Å². The van der Waals surface area contributed by atoms with E-state index in [1.807, 2.05) is 56.0 Å². The van der Waals surface area contributed by atoms with E-state index in [9.17, 15) is 9.00 Å². The van der Waals surface area contributed by atoms with Crippen LogP contribution in [0.15, 0.2) is 35.2 Å². The summed E-state index contributed by atoms with van der Waals surface area (Å²) >= 11 is 0. The minimum Gasteiger partial charge on any atom is -0.444 e. The average molecular weight is 464 g/mol. The second-order valence-electron chi connectivity index (χ2n) is 9.27. The van der Waals surface area contributed by atoms with Crippen molar-refractivity contribution in [1.82, 2.24) is 4.90 Å². The summed E-state index contributed by atoms with van der Waals surface area (Å²) in [5, 5.41) is 0. The Morgan fingerprint density at radius 1 is 1.03 bits per heavy atom. The fourth-order valence-corrected chi connectivity index (χ4v) is 4.27. The Kier molecular flexibility index (Phi) is 13.3. The number of carbonyl (C=O) groups is 1. The Bertz CT molecular complexity index is 685. The van der Waals surface area contributed by atoms with Gasteiger partial charge in [0.1, 0.15) is 5.60 Å². The number of carbonyl (C=O) groups excluding carboxylic acids is 1. The lowest BCUT2D eigenvalue weighted by molar-refractivity contribution is -0.0125. The molecule has 0 N–H and O–H groups in total. The number of piperidine rings is 1. The van der Waals surface area contributed by atoms with Crippen LogP contribution >= 0.6 is 0 Å². The molecule has 2 fully saturated rings. The number of hydrogen-bond donors (Lipinski definition) is 0. The molecule has 32 heavy (non-hydrogen) atoms. The Balaban J connectivity index is 0.000000388. The molecule has 1 saturated heterocycles. The molecule has 1 aliphatic heterocycles. The molecule has 1 aliphatic carbocycles. The summed E-state index contributed by atoms with van der Waals surface area (Å²) in [7, 11) is -0.829. The third-order valence-electron chi connectivity index (χ3n) is 5.46. The van der Waals surface area contributed by atoms with Gasteiger partial charge in [-0.25, -0.2) is 4.79 Å². The Morgan fingerprint density at radius 3 is 2.06 bits per heavy atom. The minimum atomic E-state index is -0.829. The van der Waals surface area contributed by atoms with Gasteiger partial charge in [-0.2, -0.15) is 0 Å². The zero-order chi connectivity index (χ0) is 24.0. The number of amides is 1. The minimum absolute atomic E-state index is 0.172. The Morgan fingerprint density at radius 2 is 1.59 bits per heavy atom. The van der Waals surface area contributed by atoms with Gasteiger partial charge in [0, 0.05) is 41.6 Å². The van der Waals surface area contributed by atoms with Crippen LogP contribution in [0.1, 0.15) is 65.7 Å². The van der Waals surface area contributed by atoms with Crippen molar-refractivity contribution in [3.8, 4) is 12.8 Å². The molecule has 1 atom stereocenters. The molecule has 5 nitrogen and oxygen atoms in total. The predicted molar refractivity (Wildman–Crippen MR) is 132 cm³/mol. The van der Waals surface area contributed by atoms with Crippen molar-refractivity contribution in [2.45, 2.75) is 82.3 Å². The zero-order valence-electron chi connectivity index (χ0n) is 20.3. The number of likely N-dealkylation sites (tertiary alicyclic amines) is 1. The lowest BCUT2D eigenvalue weighted by Gasteiger charge is -2.34. The molecular weight excluding hydrogens is 422 g/mol. The van der Waals surface area contributed by atoms with Gasteiger partial charge in [0.2, 0.25) is 0 Å². The highest BCUT2D eigenvalue weighted by atomic mass is 32.2. The van der Waals surface area contributed by atoms with E-state index < -0.39 is 16.4 Å². The van der Waals surface area contributed by atoms with E-state index in [0.29, 0.717) is 12.0 Å². The number of ether oxygens (including phenoxy) is 2. The third-order valence-corrected chi connectivity index (χ3v) is 6.40. The average Bonchev–Trinajstić information content (AvgIpc) is 2.80. The van der Waals surface area contributed by atoms with Crippen molar-refractivity contribution in [1.29, 1.82) is 0 Å². The van der Waals surface area contributed by atoms with Gasteiger partial charge < -0.3 is 14.4 Å². The highest BCUT2D eigenvalue weighted by Crippen LogP contribution is 2.24. The molecule has 6 heteroatoms. The molecule has 1 amide bonds. The summed E-state index contributed by atoms with van der Waals surface area (Å²) < 4.78 is 22.2. The largest absolute Gasteiger partial charge is 0.444 e. The van der Waals surface area contributed by atoms with Crippen LogP contribution in [0.25, 0.3) is 0 Å². The van der Waals surface area contributed by atoms with Crippen molar-refractivity contribution >= 4 is 16.9 Å². The van der Waals surface area contributed by atoms with E-state index in [1.165, 1.54) is 32.1 Å². The van der Waals surface area contributed by atoms with E-state index >= 15 is 0 Å². The van der Waals surface area contributed by atoms with Gasteiger partial charge in [-0.15, -0.1) is 12.8 Å². The number of hydrogen-bond acceptors (Lipinski definition) is 4. The Hall–Kier alpha value is -1.84. The molecular formula is C26H41NO4S. The first-order valence-corrected chi connectivity index (χ1v) is 13.1. The first-order valence-electron chi connectivity index (χ1n) is 11.6. The van der Waals surface area contributed by atoms with Gasteiger partial charge in [0.25, 0.3) is 0 Å². The van der Waals surface area contributed by atoms with Crippen molar-refractivity contribution < 1.29 is 18.5 Å². The van der Waals surface area contributed by atoms with Gasteiger partial charge in [-0.3, -0.25) is 4.21 Å². The lowest BCUT2D eigenvalue weighted by Crippen LogP contribution is -2.42. The van der Waals surface area contributed by atoms with Crippen LogP contribution in [-0.4, -0.2) is 52.9 Å². The maximum absolute atomic E-state index is 12.0. The van der Waals surface area contributed by atoms with Gasteiger partial charge in [-0.05, 0) is 64.5 Å². The van der Waals surface area contributed by atoms with Crippen LogP contribution in [0.4, 0.5) is 4.79 Å². The van der Waals surface area contributed by atoms with Crippen LogP contribution in [0.5, 0.6) is 0 Å². The molecule has 1 saturated carbocycles. The van der Waals surface area contributed by atoms with Crippen molar-refractivity contribution in [2.24, 2.45) is 5.92 Å². The predicted octanol–water partition coefficient (Wildman–Crippen LogP) is 5.66. The number of terminal acetylenes is 1. The second-order valence-corrected chi connectivity index (χ2v) is 10.7. The highest BCUT2D eigenvalue weighted by molar-refractivity contribution is 7.84. The first-order chi connectivity index (χ1) is 15.2. The molecule has 1 unspecified atom stereocenters. The van der Waals surface area contributed by atoms with Crippen LogP contribution in [0.3, 0.4) is 0 Å². The van der Waals surface area contributed by atoms with Crippen LogP contribution in [-0.2, 0) is 20.3 Å². The maximum atomic E-state index is 12.0. The van der Waals surface area contributed by atoms with E-state index in [2.05, 4.69) is 12.8 Å². The second kappa shape index (κ2) is 15.1. The summed E-state index contributed by atoms with van der Waals surface area (Å²) in [6.45, 7) is 8.20. The molecule has 0 radical (unpaired) electrons. The molecule has 1 heterocycles. The molecule has 0 bridgehead atoms. The zero-order valence-corrected chi connectivity index (χ0v) is 21.1. The molecule has 180 valence electrons. The van der Waals surface area contributed by atoms with Gasteiger partial charge in [0.05, 0.1) is 6.10 Å². The van der Waals surface area contributed by atoms with Gasteiger partial charge in [-0.1, -0.05) is 37.5 Å². The summed E-state index contributed by atoms with van der Waals surface area (Å²) in [6, 6.07) is 9.40. The van der Waals surface area contributed by atoms with Crippen molar-refractivity contribution in [3.05, 3.63) is 30.3 Å². The lowest BCUT2D eigenvalue weighted by atomic mass is 9.96. The molecule has 2 aliphatic rings. The maximum Gasteiger partial charge on any atom is 0.410 e. The monoisotopic (exact) mass is 463 g/mol. The van der Waals surface area contributed by atoms with Crippen LogP contribution < -0.4 is 0 Å². The molecule has 0 aromatic heterocycles. The fraction of sp³-hybridized carbons (Fsp3) is 0.654. The Labute approximate surface area is 197 Å². The summed E-state index contributed by atoms with van der Waals surface area (Å²) in [6.07, 6.45) is 18.5. The summed E-state index contributed by atoms with van der Waals surface area (Å²) in [5.41, 5.74) is -0.405. The molecule has 0 spiro atoms. The fourth-order valence-electron chi connectivity index (χ4n) is 3.72. The topological polar surface area (TPSA) is 55.8 Å². The summed E-state index contributed by atoms with van der Waals surface area (Å²) in [5.74, 6) is 0.602. The molecule has 1 aromatic rings. The van der Waals surface area contributed by atoms with Crippen LogP contribution in [0.2, 0.25) is 0 Å². The summed E-state index contributed by atoms with van der Waals surface area (Å²) in [4.78, 5) is 14.7. The normalized spacial score (nSPS) is 18.4. The van der Waals surface area contributed by atoms with Crippen molar-refractivity contribution in [2.75, 3.05) is 26.0 Å². The van der Waals surface area contributed by atoms with E-state index in [-0.39, 0.29) is 6.09 Å². The standard InChI is InChI=1S/C17H31NO3.C7H8OS.C2H2/c1-17(2,3)21-16(19)18-11-9-14(10-12-18)13-20-15-7-5-4-6-8-15;1-9(8)7-5-3-2-4-6-7;1-2/h14-15H,4-13H2,1-3H3;2-6H,1H3;1-2H. The number of nitrogens with zero attached hydrogens (tertiary/aromatic N) is 1. The highest BCUT2D eigenvalue weighted by Gasteiger charge is 2.27.